The number of carbonyl (C=O) groups is 1. The molecule has 0 atom stereocenters. The van der Waals surface area contributed by atoms with E-state index >= 15 is 0 Å². The summed E-state index contributed by atoms with van der Waals surface area (Å²) in [5.41, 5.74) is -0.973. The molecular formula is C12H15N3O6. The maximum absolute atomic E-state index is 11.5. The third kappa shape index (κ3) is 5.05. The van der Waals surface area contributed by atoms with E-state index in [0.29, 0.717) is 6.54 Å². The summed E-state index contributed by atoms with van der Waals surface area (Å²) in [6, 6.07) is 2.97. The molecule has 0 aliphatic rings. The molecule has 21 heavy (non-hydrogen) atoms. The highest BCUT2D eigenvalue weighted by Gasteiger charge is 2.21. The van der Waals surface area contributed by atoms with Crippen LogP contribution in [0.3, 0.4) is 0 Å². The zero-order valence-corrected chi connectivity index (χ0v) is 11.6. The van der Waals surface area contributed by atoms with Gasteiger partial charge in [0.25, 0.3) is 11.6 Å². The summed E-state index contributed by atoms with van der Waals surface area (Å²) in [5, 5.41) is 24.0. The van der Waals surface area contributed by atoms with Crippen LogP contribution >= 0.6 is 0 Å². The zero-order valence-electron chi connectivity index (χ0n) is 11.6. The van der Waals surface area contributed by atoms with Crippen molar-refractivity contribution in [3.05, 3.63) is 38.4 Å². The molecule has 1 aromatic rings. The first-order valence-corrected chi connectivity index (χ1v) is 6.13. The summed E-state index contributed by atoms with van der Waals surface area (Å²) in [6.45, 7) is 3.90. The van der Waals surface area contributed by atoms with E-state index in [-0.39, 0.29) is 11.7 Å². The first-order valence-electron chi connectivity index (χ1n) is 6.13. The second kappa shape index (κ2) is 7.17. The van der Waals surface area contributed by atoms with E-state index in [1.54, 1.807) is 0 Å². The van der Waals surface area contributed by atoms with Crippen LogP contribution in [0.4, 0.5) is 11.4 Å². The van der Waals surface area contributed by atoms with Crippen molar-refractivity contribution in [2.45, 2.75) is 13.8 Å². The summed E-state index contributed by atoms with van der Waals surface area (Å²) in [6.07, 6.45) is 0. The van der Waals surface area contributed by atoms with E-state index in [1.807, 2.05) is 13.8 Å². The lowest BCUT2D eigenvalue weighted by molar-refractivity contribution is -0.394. The van der Waals surface area contributed by atoms with Crippen LogP contribution < -0.4 is 10.1 Å². The van der Waals surface area contributed by atoms with Gasteiger partial charge in [-0.25, -0.2) is 0 Å². The Labute approximate surface area is 120 Å². The third-order valence-electron chi connectivity index (χ3n) is 2.42. The van der Waals surface area contributed by atoms with Crippen molar-refractivity contribution in [3.63, 3.8) is 0 Å². The molecule has 0 aromatic heterocycles. The van der Waals surface area contributed by atoms with Crippen molar-refractivity contribution in [1.29, 1.82) is 0 Å². The average Bonchev–Trinajstić information content (AvgIpc) is 2.42. The SMILES string of the molecule is CC(C)CNC(=O)COc1ccc([N+](=O)[O-])cc1[N+](=O)[O-]. The van der Waals surface area contributed by atoms with E-state index in [0.717, 1.165) is 18.2 Å². The van der Waals surface area contributed by atoms with Crippen molar-refractivity contribution in [1.82, 2.24) is 5.32 Å². The zero-order chi connectivity index (χ0) is 16.0. The standard InChI is InChI=1S/C12H15N3O6/c1-8(2)6-13-12(16)7-21-11-4-3-9(14(17)18)5-10(11)15(19)20/h3-5,8H,6-7H2,1-2H3,(H,13,16). The number of amides is 1. The molecule has 0 saturated carbocycles. The Balaban J connectivity index is 2.77. The van der Waals surface area contributed by atoms with Gasteiger partial charge in [0.1, 0.15) is 0 Å². The highest BCUT2D eigenvalue weighted by molar-refractivity contribution is 5.77. The summed E-state index contributed by atoms with van der Waals surface area (Å²) >= 11 is 0. The molecule has 1 N–H and O–H groups in total. The summed E-state index contributed by atoms with van der Waals surface area (Å²) < 4.78 is 5.05. The molecule has 0 radical (unpaired) electrons. The first kappa shape index (κ1) is 16.3. The fourth-order valence-corrected chi connectivity index (χ4v) is 1.40. The number of hydrogen-bond acceptors (Lipinski definition) is 6. The van der Waals surface area contributed by atoms with Crippen molar-refractivity contribution in [2.75, 3.05) is 13.2 Å². The Hall–Kier alpha value is -2.71. The number of nitro groups is 2. The maximum Gasteiger partial charge on any atom is 0.317 e. The second-order valence-corrected chi connectivity index (χ2v) is 4.65. The van der Waals surface area contributed by atoms with E-state index in [1.165, 1.54) is 0 Å². The number of nitrogens with zero attached hydrogens (tertiary/aromatic N) is 2. The van der Waals surface area contributed by atoms with Gasteiger partial charge < -0.3 is 10.1 Å². The number of benzene rings is 1. The van der Waals surface area contributed by atoms with Gasteiger partial charge in [-0.1, -0.05) is 13.8 Å². The number of nitrogens with one attached hydrogen (secondary N) is 1. The molecule has 9 heteroatoms. The summed E-state index contributed by atoms with van der Waals surface area (Å²) in [5.74, 6) is -0.343. The van der Waals surface area contributed by atoms with Crippen LogP contribution in [0.25, 0.3) is 0 Å². The Morgan fingerprint density at radius 3 is 2.48 bits per heavy atom. The number of nitro benzene ring substituents is 2. The van der Waals surface area contributed by atoms with E-state index < -0.39 is 33.7 Å². The molecular weight excluding hydrogens is 282 g/mol. The molecule has 0 aliphatic carbocycles. The fourth-order valence-electron chi connectivity index (χ4n) is 1.40. The number of non-ortho nitro benzene ring substituents is 1. The van der Waals surface area contributed by atoms with Crippen LogP contribution in [-0.4, -0.2) is 28.9 Å². The van der Waals surface area contributed by atoms with Gasteiger partial charge in [-0.3, -0.25) is 25.0 Å². The Kier molecular flexibility index (Phi) is 5.58. The minimum absolute atomic E-state index is 0.190. The Bertz CT molecular complexity index is 558. The minimum Gasteiger partial charge on any atom is -0.477 e. The molecule has 0 spiro atoms. The van der Waals surface area contributed by atoms with Crippen molar-refractivity contribution in [3.8, 4) is 5.75 Å². The van der Waals surface area contributed by atoms with Gasteiger partial charge in [0.15, 0.2) is 12.4 Å². The highest BCUT2D eigenvalue weighted by Crippen LogP contribution is 2.30. The maximum atomic E-state index is 11.5. The van der Waals surface area contributed by atoms with Crippen LogP contribution in [0.15, 0.2) is 18.2 Å². The van der Waals surface area contributed by atoms with E-state index in [2.05, 4.69) is 5.32 Å². The monoisotopic (exact) mass is 297 g/mol. The predicted molar refractivity (Wildman–Crippen MR) is 73.1 cm³/mol. The molecule has 0 bridgehead atoms. The average molecular weight is 297 g/mol. The molecule has 0 saturated heterocycles. The van der Waals surface area contributed by atoms with Crippen LogP contribution in [0.5, 0.6) is 5.75 Å². The van der Waals surface area contributed by atoms with Crippen molar-refractivity contribution in [2.24, 2.45) is 5.92 Å². The second-order valence-electron chi connectivity index (χ2n) is 4.65. The van der Waals surface area contributed by atoms with Gasteiger partial charge in [0, 0.05) is 12.6 Å². The number of rotatable bonds is 7. The van der Waals surface area contributed by atoms with E-state index in [4.69, 9.17) is 4.74 Å². The van der Waals surface area contributed by atoms with Crippen LogP contribution in [-0.2, 0) is 4.79 Å². The molecule has 1 rings (SSSR count). The quantitative estimate of drug-likeness (QED) is 0.602. The summed E-state index contributed by atoms with van der Waals surface area (Å²) in [7, 11) is 0. The molecule has 0 unspecified atom stereocenters. The molecule has 0 fully saturated rings. The highest BCUT2D eigenvalue weighted by atomic mass is 16.6. The molecule has 0 aliphatic heterocycles. The first-order chi connectivity index (χ1) is 9.81. The largest absolute Gasteiger partial charge is 0.477 e. The topological polar surface area (TPSA) is 125 Å². The smallest absolute Gasteiger partial charge is 0.317 e. The molecule has 1 aromatic carbocycles. The lowest BCUT2D eigenvalue weighted by Crippen LogP contribution is -2.31. The van der Waals surface area contributed by atoms with Gasteiger partial charge in [-0.05, 0) is 12.0 Å². The lowest BCUT2D eigenvalue weighted by Gasteiger charge is -2.09. The van der Waals surface area contributed by atoms with Gasteiger partial charge >= 0.3 is 5.69 Å². The molecule has 1 amide bonds. The van der Waals surface area contributed by atoms with Crippen LogP contribution in [0.2, 0.25) is 0 Å². The lowest BCUT2D eigenvalue weighted by atomic mass is 10.2. The van der Waals surface area contributed by atoms with Crippen LogP contribution in [0.1, 0.15) is 13.8 Å². The van der Waals surface area contributed by atoms with Crippen molar-refractivity contribution >= 4 is 17.3 Å². The van der Waals surface area contributed by atoms with Crippen molar-refractivity contribution < 1.29 is 19.4 Å². The van der Waals surface area contributed by atoms with Gasteiger partial charge in [-0.15, -0.1) is 0 Å². The summed E-state index contributed by atoms with van der Waals surface area (Å²) in [4.78, 5) is 31.4. The van der Waals surface area contributed by atoms with Gasteiger partial charge in [-0.2, -0.15) is 0 Å². The number of carbonyl (C=O) groups excluding carboxylic acids is 1. The normalized spacial score (nSPS) is 10.2. The Morgan fingerprint density at radius 2 is 1.95 bits per heavy atom. The molecule has 9 nitrogen and oxygen atoms in total. The minimum atomic E-state index is -0.797. The molecule has 114 valence electrons. The van der Waals surface area contributed by atoms with Crippen LogP contribution in [0, 0.1) is 26.1 Å². The fraction of sp³-hybridized carbons (Fsp3) is 0.417. The van der Waals surface area contributed by atoms with E-state index in [9.17, 15) is 25.0 Å². The van der Waals surface area contributed by atoms with Gasteiger partial charge in [0.2, 0.25) is 0 Å². The van der Waals surface area contributed by atoms with Gasteiger partial charge in [0.05, 0.1) is 15.9 Å². The third-order valence-corrected chi connectivity index (χ3v) is 2.42. The number of hydrogen-bond donors (Lipinski definition) is 1. The number of ether oxygens (including phenoxy) is 1. The Morgan fingerprint density at radius 1 is 1.29 bits per heavy atom. The predicted octanol–water partition coefficient (Wildman–Crippen LogP) is 1.65. The molecule has 0 heterocycles.